The topological polar surface area (TPSA) is 137 Å². The van der Waals surface area contributed by atoms with Crippen LogP contribution < -0.4 is 5.73 Å². The Balaban J connectivity index is 0.000000418. The monoisotopic (exact) mass is 649 g/mol. The fourth-order valence-corrected chi connectivity index (χ4v) is 7.20. The zero-order valence-electron chi connectivity index (χ0n) is 25.1. The second kappa shape index (κ2) is 12.2. The van der Waals surface area contributed by atoms with Crippen molar-refractivity contribution >= 4 is 49.8 Å². The number of halogens is 1. The van der Waals surface area contributed by atoms with Gasteiger partial charge in [-0.25, -0.2) is 0 Å². The third-order valence-electron chi connectivity index (χ3n) is 7.32. The molecule has 0 bridgehead atoms. The zero-order chi connectivity index (χ0) is 31.9. The Morgan fingerprint density at radius 2 is 1.68 bits per heavy atom. The number of aryl methyl sites for hydroxylation is 5. The predicted octanol–water partition coefficient (Wildman–Crippen LogP) is 7.88. The molecule has 6 rings (SSSR count). The number of benzene rings is 2. The van der Waals surface area contributed by atoms with Crippen molar-refractivity contribution in [2.45, 2.75) is 52.3 Å². The maximum Gasteiger partial charge on any atom is 0.304 e. The Hall–Kier alpha value is -4.03. The Morgan fingerprint density at radius 3 is 2.25 bits per heavy atom. The molecule has 0 radical (unpaired) electrons. The van der Waals surface area contributed by atoms with Gasteiger partial charge < -0.3 is 10.3 Å². The highest BCUT2D eigenvalue weighted by atomic mass is 35.5. The number of hydrogen-bond donors (Lipinski definition) is 2. The molecule has 44 heavy (non-hydrogen) atoms. The van der Waals surface area contributed by atoms with Crippen LogP contribution in [0.15, 0.2) is 63.3 Å². The molecule has 4 heterocycles. The molecule has 0 amide bonds. The van der Waals surface area contributed by atoms with Crippen molar-refractivity contribution < 1.29 is 17.5 Å². The van der Waals surface area contributed by atoms with Crippen LogP contribution in [0.5, 0.6) is 0 Å². The smallest absolute Gasteiger partial charge is 0.304 e. The standard InChI is InChI=1S/C27H24ClN3O3S2.C5H8N2O/c1-15-11-19(5-10-22(15)23-13-17(3)35-27(23)36(32,33)34)14-31-24-12-16(2)29-18(4)25(24)26(30-31)20-6-8-21(28)9-7-20;1-3-4(2)8-7-5(3)6/h5-13H,14H2,1-4H3,(H,32,33,34);1-2H3,(H2,6,7). The van der Waals surface area contributed by atoms with Crippen LogP contribution in [0.25, 0.3) is 33.3 Å². The molecule has 0 unspecified atom stereocenters. The fourth-order valence-electron chi connectivity index (χ4n) is 5.07. The second-order valence-corrected chi connectivity index (χ2v) is 14.0. The van der Waals surface area contributed by atoms with E-state index in [1.54, 1.807) is 6.07 Å². The van der Waals surface area contributed by atoms with E-state index in [2.05, 4.69) is 10.1 Å². The van der Waals surface area contributed by atoms with E-state index in [-0.39, 0.29) is 4.21 Å². The minimum atomic E-state index is -4.30. The number of fused-ring (bicyclic) bond motifs is 1. The van der Waals surface area contributed by atoms with E-state index in [9.17, 15) is 13.0 Å². The number of nitrogens with zero attached hydrogens (tertiary/aromatic N) is 4. The van der Waals surface area contributed by atoms with E-state index < -0.39 is 10.1 Å². The van der Waals surface area contributed by atoms with Gasteiger partial charge in [-0.3, -0.25) is 14.2 Å². The molecule has 6 aromatic rings. The first-order valence-electron chi connectivity index (χ1n) is 13.7. The lowest BCUT2D eigenvalue weighted by atomic mass is 10.0. The quantitative estimate of drug-likeness (QED) is 0.180. The molecular formula is C32H32ClN5O4S2. The summed E-state index contributed by atoms with van der Waals surface area (Å²) in [4.78, 5) is 5.48. The zero-order valence-corrected chi connectivity index (χ0v) is 27.5. The summed E-state index contributed by atoms with van der Waals surface area (Å²) in [7, 11) is -4.30. The molecule has 12 heteroatoms. The molecule has 3 N–H and O–H groups in total. The number of rotatable bonds is 5. The van der Waals surface area contributed by atoms with Crippen molar-refractivity contribution in [3.63, 3.8) is 0 Å². The summed E-state index contributed by atoms with van der Waals surface area (Å²) in [5.41, 5.74) is 14.2. The van der Waals surface area contributed by atoms with Crippen LogP contribution in [-0.2, 0) is 16.7 Å². The van der Waals surface area contributed by atoms with Crippen LogP contribution in [0.4, 0.5) is 5.82 Å². The van der Waals surface area contributed by atoms with Gasteiger partial charge in [0.05, 0.1) is 12.1 Å². The van der Waals surface area contributed by atoms with Gasteiger partial charge in [-0.05, 0) is 82.5 Å². The summed E-state index contributed by atoms with van der Waals surface area (Å²) in [6.07, 6.45) is 0. The van der Waals surface area contributed by atoms with Crippen LogP contribution in [-0.4, -0.2) is 32.9 Å². The fraction of sp³-hybridized carbons (Fsp3) is 0.219. The molecule has 0 fully saturated rings. The molecular weight excluding hydrogens is 618 g/mol. The summed E-state index contributed by atoms with van der Waals surface area (Å²) < 4.78 is 40.2. The lowest BCUT2D eigenvalue weighted by Gasteiger charge is -2.10. The van der Waals surface area contributed by atoms with Crippen molar-refractivity contribution in [2.24, 2.45) is 0 Å². The molecule has 0 atom stereocenters. The van der Waals surface area contributed by atoms with Crippen molar-refractivity contribution in [1.82, 2.24) is 19.9 Å². The van der Waals surface area contributed by atoms with Gasteiger partial charge in [0.1, 0.15) is 11.5 Å². The highest BCUT2D eigenvalue weighted by Gasteiger charge is 2.22. The first-order valence-corrected chi connectivity index (χ1v) is 16.3. The first-order chi connectivity index (χ1) is 20.7. The van der Waals surface area contributed by atoms with Crippen LogP contribution >= 0.6 is 22.9 Å². The normalized spacial score (nSPS) is 11.5. The van der Waals surface area contributed by atoms with E-state index in [1.165, 1.54) is 0 Å². The van der Waals surface area contributed by atoms with Gasteiger partial charge in [-0.2, -0.15) is 13.5 Å². The molecule has 228 valence electrons. The maximum atomic E-state index is 11.9. The van der Waals surface area contributed by atoms with Crippen LogP contribution in [0, 0.1) is 41.5 Å². The number of nitrogen functional groups attached to an aromatic ring is 1. The van der Waals surface area contributed by atoms with Gasteiger partial charge in [-0.15, -0.1) is 11.3 Å². The Labute approximate surface area is 265 Å². The van der Waals surface area contributed by atoms with Crippen LogP contribution in [0.2, 0.25) is 5.02 Å². The molecule has 0 saturated heterocycles. The summed E-state index contributed by atoms with van der Waals surface area (Å²) in [6.45, 7) is 12.0. The first kappa shape index (κ1) is 31.4. The van der Waals surface area contributed by atoms with Gasteiger partial charge in [0, 0.05) is 43.4 Å². The van der Waals surface area contributed by atoms with Gasteiger partial charge in [0.15, 0.2) is 10.0 Å². The summed E-state index contributed by atoms with van der Waals surface area (Å²) in [6, 6.07) is 17.4. The summed E-state index contributed by atoms with van der Waals surface area (Å²) in [5.74, 6) is 1.28. The van der Waals surface area contributed by atoms with Crippen LogP contribution in [0.1, 0.15) is 38.7 Å². The number of nitrogens with two attached hydrogens (primary N) is 1. The van der Waals surface area contributed by atoms with Gasteiger partial charge in [0.25, 0.3) is 0 Å². The van der Waals surface area contributed by atoms with Crippen molar-refractivity contribution in [2.75, 3.05) is 5.73 Å². The number of aromatic nitrogens is 4. The van der Waals surface area contributed by atoms with E-state index in [1.807, 2.05) is 94.8 Å². The Morgan fingerprint density at radius 1 is 0.977 bits per heavy atom. The molecule has 0 aliphatic heterocycles. The number of hydrogen-bond acceptors (Lipinski definition) is 8. The lowest BCUT2D eigenvalue weighted by molar-refractivity contribution is 0.399. The minimum absolute atomic E-state index is 0.0278. The van der Waals surface area contributed by atoms with Crippen LogP contribution in [0.3, 0.4) is 0 Å². The van der Waals surface area contributed by atoms with E-state index in [4.69, 9.17) is 27.0 Å². The van der Waals surface area contributed by atoms with E-state index in [0.29, 0.717) is 22.9 Å². The van der Waals surface area contributed by atoms with Crippen molar-refractivity contribution in [3.8, 4) is 22.4 Å². The number of anilines is 1. The second-order valence-electron chi connectivity index (χ2n) is 10.7. The van der Waals surface area contributed by atoms with Gasteiger partial charge in [-0.1, -0.05) is 47.1 Å². The summed E-state index contributed by atoms with van der Waals surface area (Å²) in [5, 5.41) is 10.2. The van der Waals surface area contributed by atoms with Crippen molar-refractivity contribution in [3.05, 3.63) is 98.3 Å². The molecule has 0 saturated carbocycles. The summed E-state index contributed by atoms with van der Waals surface area (Å²) >= 11 is 7.18. The van der Waals surface area contributed by atoms with E-state index >= 15 is 0 Å². The largest absolute Gasteiger partial charge is 0.381 e. The maximum absolute atomic E-state index is 11.9. The van der Waals surface area contributed by atoms with Gasteiger partial charge in [0.2, 0.25) is 0 Å². The average molecular weight is 650 g/mol. The highest BCUT2D eigenvalue weighted by Crippen LogP contribution is 2.37. The average Bonchev–Trinajstić information content (AvgIpc) is 3.61. The van der Waals surface area contributed by atoms with E-state index in [0.717, 1.165) is 77.8 Å². The molecule has 0 spiro atoms. The third-order valence-corrected chi connectivity index (χ3v) is 9.99. The highest BCUT2D eigenvalue weighted by molar-refractivity contribution is 7.88. The Kier molecular flexibility index (Phi) is 8.68. The molecule has 9 nitrogen and oxygen atoms in total. The minimum Gasteiger partial charge on any atom is -0.381 e. The van der Waals surface area contributed by atoms with Gasteiger partial charge >= 0.3 is 10.1 Å². The molecule has 0 aliphatic rings. The Bertz CT molecular complexity index is 2090. The molecule has 0 aliphatic carbocycles. The number of thiophene rings is 1. The molecule has 2 aromatic carbocycles. The SMILES string of the molecule is Cc1cc2c(c(C)n1)c(-c1ccc(Cl)cc1)nn2Cc1ccc(-c2cc(C)sc2S(=O)(=O)O)c(C)c1.Cc1onc(N)c1C. The van der Waals surface area contributed by atoms with Crippen molar-refractivity contribution in [1.29, 1.82) is 0 Å². The molecule has 4 aromatic heterocycles. The third kappa shape index (κ3) is 6.41. The predicted molar refractivity (Wildman–Crippen MR) is 176 cm³/mol. The number of pyridine rings is 1. The lowest BCUT2D eigenvalue weighted by Crippen LogP contribution is -2.03.